The summed E-state index contributed by atoms with van der Waals surface area (Å²) in [4.78, 5) is 0. The molecule has 2 aromatic rings. The van der Waals surface area contributed by atoms with E-state index in [9.17, 15) is 8.42 Å². The Labute approximate surface area is 179 Å². The lowest BCUT2D eigenvalue weighted by molar-refractivity contribution is 0.217. The number of hydrogen-bond acceptors (Lipinski definition) is 5. The first-order valence-corrected chi connectivity index (χ1v) is 12.3. The van der Waals surface area contributed by atoms with Gasteiger partial charge in [-0.3, -0.25) is 0 Å². The molecule has 30 heavy (non-hydrogen) atoms. The molecular formula is C23H30N2O4S. The monoisotopic (exact) mass is 430 g/mol. The van der Waals surface area contributed by atoms with Gasteiger partial charge in [-0.25, -0.2) is 13.1 Å². The second kappa shape index (κ2) is 9.37. The van der Waals surface area contributed by atoms with Crippen LogP contribution in [-0.4, -0.2) is 47.0 Å². The molecule has 1 aliphatic heterocycles. The van der Waals surface area contributed by atoms with Crippen LogP contribution in [0.25, 0.3) is 0 Å². The zero-order valence-electron chi connectivity index (χ0n) is 17.3. The average Bonchev–Trinajstić information content (AvgIpc) is 3.55. The molecular weight excluding hydrogens is 400 g/mol. The predicted octanol–water partition coefficient (Wildman–Crippen LogP) is 2.70. The molecule has 2 aliphatic rings. The molecule has 0 aromatic heterocycles. The minimum Gasteiger partial charge on any atom is -0.492 e. The predicted molar refractivity (Wildman–Crippen MR) is 118 cm³/mol. The second-order valence-electron chi connectivity index (χ2n) is 8.17. The van der Waals surface area contributed by atoms with Crippen molar-refractivity contribution >= 4 is 10.0 Å². The maximum atomic E-state index is 12.0. The van der Waals surface area contributed by atoms with Crippen LogP contribution in [0.4, 0.5) is 0 Å². The smallest absolute Gasteiger partial charge is 0.211 e. The molecule has 1 fully saturated rings. The Hall–Kier alpha value is -2.09. The highest BCUT2D eigenvalue weighted by atomic mass is 32.2. The molecule has 4 rings (SSSR count). The summed E-state index contributed by atoms with van der Waals surface area (Å²) in [5.74, 6) is 2.46. The number of nitrogens with one attached hydrogen (secondary N) is 2. The molecule has 1 saturated carbocycles. The molecule has 0 amide bonds. The third-order valence-electron chi connectivity index (χ3n) is 5.80. The van der Waals surface area contributed by atoms with Crippen LogP contribution in [0.15, 0.2) is 48.5 Å². The summed E-state index contributed by atoms with van der Waals surface area (Å²) in [6.45, 7) is 1.20. The fourth-order valence-electron chi connectivity index (χ4n) is 3.97. The first kappa shape index (κ1) is 21.2. The Bertz CT molecular complexity index is 945. The van der Waals surface area contributed by atoms with Crippen molar-refractivity contribution in [2.45, 2.75) is 31.2 Å². The van der Waals surface area contributed by atoms with Crippen LogP contribution in [0.2, 0.25) is 0 Å². The lowest BCUT2D eigenvalue weighted by Gasteiger charge is -2.34. The molecule has 0 saturated heterocycles. The van der Waals surface area contributed by atoms with Crippen molar-refractivity contribution in [3.05, 3.63) is 59.7 Å². The zero-order chi connectivity index (χ0) is 21.0. The fourth-order valence-corrected chi connectivity index (χ4v) is 5.44. The number of sulfonamides is 1. The highest BCUT2D eigenvalue weighted by Gasteiger charge is 2.31. The van der Waals surface area contributed by atoms with Gasteiger partial charge in [-0.2, -0.15) is 0 Å². The minimum absolute atomic E-state index is 0.210. The van der Waals surface area contributed by atoms with E-state index in [-0.39, 0.29) is 24.3 Å². The highest BCUT2D eigenvalue weighted by molar-refractivity contribution is 7.89. The van der Waals surface area contributed by atoms with Gasteiger partial charge in [-0.05, 0) is 56.0 Å². The molecule has 162 valence electrons. The van der Waals surface area contributed by atoms with Crippen LogP contribution in [0.5, 0.6) is 11.5 Å². The number of ether oxygens (including phenoxy) is 2. The summed E-state index contributed by atoms with van der Waals surface area (Å²) in [7, 11) is -1.24. The van der Waals surface area contributed by atoms with Gasteiger partial charge < -0.3 is 14.8 Å². The third kappa shape index (κ3) is 5.53. The van der Waals surface area contributed by atoms with E-state index >= 15 is 0 Å². The minimum atomic E-state index is -3.20. The van der Waals surface area contributed by atoms with Gasteiger partial charge in [0.1, 0.15) is 24.7 Å². The summed E-state index contributed by atoms with van der Waals surface area (Å²) in [6.07, 6.45) is 2.95. The molecule has 0 bridgehead atoms. The lowest BCUT2D eigenvalue weighted by atomic mass is 9.84. The van der Waals surface area contributed by atoms with E-state index in [4.69, 9.17) is 9.47 Å². The molecule has 2 atom stereocenters. The van der Waals surface area contributed by atoms with Crippen molar-refractivity contribution < 1.29 is 17.9 Å². The summed E-state index contributed by atoms with van der Waals surface area (Å²) in [6, 6.07) is 16.5. The Kier molecular flexibility index (Phi) is 6.61. The van der Waals surface area contributed by atoms with Gasteiger partial charge in [-0.15, -0.1) is 0 Å². The summed E-state index contributed by atoms with van der Waals surface area (Å²) < 4.78 is 38.4. The van der Waals surface area contributed by atoms with E-state index < -0.39 is 10.0 Å². The van der Waals surface area contributed by atoms with Crippen molar-refractivity contribution in [3.8, 4) is 11.5 Å². The van der Waals surface area contributed by atoms with Gasteiger partial charge in [0, 0.05) is 24.1 Å². The van der Waals surface area contributed by atoms with Crippen molar-refractivity contribution in [1.82, 2.24) is 10.0 Å². The zero-order valence-corrected chi connectivity index (χ0v) is 18.2. The molecule has 6 nitrogen and oxygen atoms in total. The maximum Gasteiger partial charge on any atom is 0.211 e. The largest absolute Gasteiger partial charge is 0.492 e. The van der Waals surface area contributed by atoms with Gasteiger partial charge in [0.25, 0.3) is 0 Å². The van der Waals surface area contributed by atoms with Crippen LogP contribution < -0.4 is 19.5 Å². The summed E-state index contributed by atoms with van der Waals surface area (Å²) >= 11 is 0. The van der Waals surface area contributed by atoms with Gasteiger partial charge >= 0.3 is 0 Å². The van der Waals surface area contributed by atoms with Crippen LogP contribution in [0.1, 0.15) is 29.9 Å². The normalized spacial score (nSPS) is 21.0. The Balaban J connectivity index is 1.41. The fraction of sp³-hybridized carbons (Fsp3) is 0.478. The number of likely N-dealkylation sites (N-methyl/N-ethyl adjacent to an activating group) is 1. The van der Waals surface area contributed by atoms with Crippen molar-refractivity contribution in [2.75, 3.05) is 32.6 Å². The third-order valence-corrected chi connectivity index (χ3v) is 7.35. The van der Waals surface area contributed by atoms with E-state index in [0.29, 0.717) is 19.1 Å². The van der Waals surface area contributed by atoms with Crippen LogP contribution in [-0.2, 0) is 16.4 Å². The topological polar surface area (TPSA) is 76.7 Å². The Morgan fingerprint density at radius 2 is 1.93 bits per heavy atom. The van der Waals surface area contributed by atoms with Gasteiger partial charge in [0.05, 0.1) is 5.75 Å². The standard InChI is InChI=1S/C23H30N2O4S/c1-24-22-15-29-23-10-9-19(28-12-11-25-30(26,27)16-18-7-8-18)14-21(23)20(22)13-17-5-3-2-4-6-17/h2-6,9-10,14,18,20,22,24-25H,7-8,11-13,15-16H2,1H3/t20-,22-/m0/s1. The van der Waals surface area contributed by atoms with Crippen molar-refractivity contribution in [3.63, 3.8) is 0 Å². The van der Waals surface area contributed by atoms with E-state index in [2.05, 4.69) is 34.3 Å². The van der Waals surface area contributed by atoms with Crippen LogP contribution in [0, 0.1) is 5.92 Å². The van der Waals surface area contributed by atoms with Gasteiger partial charge in [0.15, 0.2) is 0 Å². The highest BCUT2D eigenvalue weighted by Crippen LogP contribution is 2.38. The molecule has 7 heteroatoms. The molecule has 1 heterocycles. The molecule has 1 aliphatic carbocycles. The molecule has 0 spiro atoms. The maximum absolute atomic E-state index is 12.0. The van der Waals surface area contributed by atoms with E-state index in [1.54, 1.807) is 0 Å². The quantitative estimate of drug-likeness (QED) is 0.567. The lowest BCUT2D eigenvalue weighted by Crippen LogP contribution is -2.41. The van der Waals surface area contributed by atoms with Crippen LogP contribution >= 0.6 is 0 Å². The number of fused-ring (bicyclic) bond motifs is 1. The summed E-state index contributed by atoms with van der Waals surface area (Å²) in [5.41, 5.74) is 2.41. The molecule has 2 aromatic carbocycles. The molecule has 0 radical (unpaired) electrons. The van der Waals surface area contributed by atoms with Gasteiger partial charge in [0.2, 0.25) is 10.0 Å². The molecule has 2 N–H and O–H groups in total. The first-order valence-electron chi connectivity index (χ1n) is 10.6. The van der Waals surface area contributed by atoms with E-state index in [1.807, 2.05) is 31.3 Å². The van der Waals surface area contributed by atoms with E-state index in [0.717, 1.165) is 36.3 Å². The molecule has 0 unspecified atom stereocenters. The van der Waals surface area contributed by atoms with Gasteiger partial charge in [-0.1, -0.05) is 30.3 Å². The van der Waals surface area contributed by atoms with Crippen molar-refractivity contribution in [2.24, 2.45) is 5.92 Å². The Morgan fingerprint density at radius 3 is 2.67 bits per heavy atom. The SMILES string of the molecule is CN[C@H]1COc2ccc(OCCNS(=O)(=O)CC3CC3)cc2[C@@H]1Cc1ccccc1. The number of hydrogen-bond donors (Lipinski definition) is 2. The number of benzene rings is 2. The second-order valence-corrected chi connectivity index (χ2v) is 10.0. The first-order chi connectivity index (χ1) is 14.5. The average molecular weight is 431 g/mol. The number of rotatable bonds is 10. The Morgan fingerprint density at radius 1 is 1.13 bits per heavy atom. The summed E-state index contributed by atoms with van der Waals surface area (Å²) in [5, 5.41) is 3.38. The van der Waals surface area contributed by atoms with Crippen LogP contribution in [0.3, 0.4) is 0 Å². The van der Waals surface area contributed by atoms with Crippen molar-refractivity contribution in [1.29, 1.82) is 0 Å². The van der Waals surface area contributed by atoms with E-state index in [1.165, 1.54) is 5.56 Å².